The van der Waals surface area contributed by atoms with E-state index in [9.17, 15) is 0 Å². The van der Waals surface area contributed by atoms with E-state index in [2.05, 4.69) is 15.0 Å². The van der Waals surface area contributed by atoms with Crippen molar-refractivity contribution < 1.29 is 0 Å². The van der Waals surface area contributed by atoms with E-state index in [4.69, 9.17) is 11.6 Å². The van der Waals surface area contributed by atoms with Gasteiger partial charge < -0.3 is 4.57 Å². The van der Waals surface area contributed by atoms with Gasteiger partial charge in [-0.3, -0.25) is 0 Å². The van der Waals surface area contributed by atoms with Crippen LogP contribution in [-0.4, -0.2) is 19.5 Å². The van der Waals surface area contributed by atoms with Gasteiger partial charge in [0, 0.05) is 18.3 Å². The first kappa shape index (κ1) is 10.1. The number of imidazole rings is 1. The third-order valence-electron chi connectivity index (χ3n) is 2.38. The highest BCUT2D eigenvalue weighted by Crippen LogP contribution is 2.20. The van der Waals surface area contributed by atoms with E-state index >= 15 is 0 Å². The minimum absolute atomic E-state index is 0.499. The van der Waals surface area contributed by atoms with Crippen LogP contribution in [0.3, 0.4) is 0 Å². The molecule has 0 aliphatic rings. The molecule has 0 atom stereocenters. The van der Waals surface area contributed by atoms with Gasteiger partial charge in [-0.15, -0.1) is 0 Å². The van der Waals surface area contributed by atoms with Gasteiger partial charge in [0.15, 0.2) is 5.82 Å². The molecule has 5 heteroatoms. The first-order valence-electron chi connectivity index (χ1n) is 4.57. The van der Waals surface area contributed by atoms with Crippen LogP contribution in [-0.2, 0) is 7.05 Å². The van der Waals surface area contributed by atoms with Gasteiger partial charge in [0.2, 0.25) is 0 Å². The summed E-state index contributed by atoms with van der Waals surface area (Å²) in [4.78, 5) is 12.6. The van der Waals surface area contributed by atoms with E-state index < -0.39 is 0 Å². The molecule has 0 radical (unpaired) electrons. The molecule has 4 nitrogen and oxygen atoms in total. The van der Waals surface area contributed by atoms with Gasteiger partial charge in [0.25, 0.3) is 0 Å². The molecular formula is C10H11ClN4. The third kappa shape index (κ3) is 1.72. The highest BCUT2D eigenvalue weighted by atomic mass is 35.5. The monoisotopic (exact) mass is 222 g/mol. The lowest BCUT2D eigenvalue weighted by Gasteiger charge is -2.05. The Morgan fingerprint density at radius 3 is 2.53 bits per heavy atom. The van der Waals surface area contributed by atoms with Crippen molar-refractivity contribution in [1.82, 2.24) is 19.5 Å². The maximum absolute atomic E-state index is 6.01. The topological polar surface area (TPSA) is 43.6 Å². The average molecular weight is 223 g/mol. The van der Waals surface area contributed by atoms with E-state index in [1.54, 1.807) is 12.5 Å². The van der Waals surface area contributed by atoms with Crippen molar-refractivity contribution >= 4 is 11.6 Å². The fourth-order valence-corrected chi connectivity index (χ4v) is 1.50. The Bertz CT molecular complexity index is 481. The van der Waals surface area contributed by atoms with Crippen LogP contribution < -0.4 is 0 Å². The molecule has 2 aromatic heterocycles. The second-order valence-electron chi connectivity index (χ2n) is 3.44. The van der Waals surface area contributed by atoms with Crippen molar-refractivity contribution in [2.75, 3.05) is 0 Å². The summed E-state index contributed by atoms with van der Waals surface area (Å²) in [5.41, 5.74) is 2.67. The maximum atomic E-state index is 6.01. The predicted octanol–water partition coefficient (Wildman–Crippen LogP) is 2.15. The Kier molecular flexibility index (Phi) is 2.44. The number of aromatic nitrogens is 4. The number of nitrogens with zero attached hydrogens (tertiary/aromatic N) is 4. The fraction of sp³-hybridized carbons (Fsp3) is 0.300. The molecule has 78 valence electrons. The van der Waals surface area contributed by atoms with E-state index in [0.29, 0.717) is 11.0 Å². The summed E-state index contributed by atoms with van der Waals surface area (Å²) in [6.07, 6.45) is 3.43. The summed E-state index contributed by atoms with van der Waals surface area (Å²) < 4.78 is 1.86. The van der Waals surface area contributed by atoms with E-state index in [-0.39, 0.29) is 0 Å². The summed E-state index contributed by atoms with van der Waals surface area (Å²) >= 11 is 6.01. The summed E-state index contributed by atoms with van der Waals surface area (Å²) in [5.74, 6) is 0.614. The SMILES string of the molecule is Cc1nc(-c2cncn2C)nc(Cl)c1C. The van der Waals surface area contributed by atoms with E-state index in [1.807, 2.05) is 25.5 Å². The van der Waals surface area contributed by atoms with Crippen LogP contribution in [0.15, 0.2) is 12.5 Å². The summed E-state index contributed by atoms with van der Waals surface area (Å²) in [7, 11) is 1.90. The van der Waals surface area contributed by atoms with Crippen LogP contribution in [0.4, 0.5) is 0 Å². The van der Waals surface area contributed by atoms with Gasteiger partial charge in [0.1, 0.15) is 10.8 Å². The van der Waals surface area contributed by atoms with Gasteiger partial charge in [-0.05, 0) is 13.8 Å². The van der Waals surface area contributed by atoms with Crippen LogP contribution in [0, 0.1) is 13.8 Å². The first-order chi connectivity index (χ1) is 7.09. The summed E-state index contributed by atoms with van der Waals surface area (Å²) in [6.45, 7) is 3.83. The molecule has 0 fully saturated rings. The molecule has 0 N–H and O–H groups in total. The normalized spacial score (nSPS) is 10.7. The van der Waals surface area contributed by atoms with Gasteiger partial charge in [-0.25, -0.2) is 15.0 Å². The van der Waals surface area contributed by atoms with Crippen LogP contribution in [0.5, 0.6) is 0 Å². The van der Waals surface area contributed by atoms with Crippen LogP contribution in [0.2, 0.25) is 5.15 Å². The fourth-order valence-electron chi connectivity index (χ4n) is 1.28. The van der Waals surface area contributed by atoms with E-state index in [0.717, 1.165) is 17.0 Å². The van der Waals surface area contributed by atoms with Crippen LogP contribution in [0.25, 0.3) is 11.5 Å². The summed E-state index contributed by atoms with van der Waals surface area (Å²) in [6, 6.07) is 0. The van der Waals surface area contributed by atoms with Gasteiger partial charge in [-0.2, -0.15) is 0 Å². The molecule has 2 heterocycles. The molecule has 15 heavy (non-hydrogen) atoms. The molecule has 0 bridgehead atoms. The molecule has 2 aromatic rings. The second-order valence-corrected chi connectivity index (χ2v) is 3.80. The highest BCUT2D eigenvalue weighted by molar-refractivity contribution is 6.30. The lowest BCUT2D eigenvalue weighted by Crippen LogP contribution is -1.99. The number of halogens is 1. The lowest BCUT2D eigenvalue weighted by atomic mass is 10.2. The van der Waals surface area contributed by atoms with Crippen molar-refractivity contribution in [2.24, 2.45) is 7.05 Å². The van der Waals surface area contributed by atoms with Crippen molar-refractivity contribution in [3.63, 3.8) is 0 Å². The van der Waals surface area contributed by atoms with Crippen LogP contribution >= 0.6 is 11.6 Å². The van der Waals surface area contributed by atoms with Gasteiger partial charge >= 0.3 is 0 Å². The number of aryl methyl sites for hydroxylation is 2. The standard InChI is InChI=1S/C10H11ClN4/c1-6-7(2)13-10(14-9(6)11)8-4-12-5-15(8)3/h4-5H,1-3H3. The largest absolute Gasteiger partial charge is 0.331 e. The van der Waals surface area contributed by atoms with Crippen molar-refractivity contribution in [3.05, 3.63) is 28.9 Å². The van der Waals surface area contributed by atoms with Crippen LogP contribution in [0.1, 0.15) is 11.3 Å². The Labute approximate surface area is 93.0 Å². The zero-order valence-corrected chi connectivity index (χ0v) is 9.58. The average Bonchev–Trinajstić information content (AvgIpc) is 2.60. The number of hydrogen-bond acceptors (Lipinski definition) is 3. The minimum atomic E-state index is 0.499. The molecule has 0 aromatic carbocycles. The number of rotatable bonds is 1. The molecule has 0 aliphatic heterocycles. The molecule has 0 spiro atoms. The molecular weight excluding hydrogens is 212 g/mol. The second kappa shape index (κ2) is 3.62. The quantitative estimate of drug-likeness (QED) is 0.695. The number of hydrogen-bond donors (Lipinski definition) is 0. The Morgan fingerprint density at radius 1 is 1.27 bits per heavy atom. The van der Waals surface area contributed by atoms with Crippen molar-refractivity contribution in [3.8, 4) is 11.5 Å². The van der Waals surface area contributed by atoms with Crippen molar-refractivity contribution in [2.45, 2.75) is 13.8 Å². The highest BCUT2D eigenvalue weighted by Gasteiger charge is 2.10. The predicted molar refractivity (Wildman–Crippen MR) is 58.7 cm³/mol. The van der Waals surface area contributed by atoms with Gasteiger partial charge in [0.05, 0.1) is 12.5 Å². The first-order valence-corrected chi connectivity index (χ1v) is 4.95. The molecule has 2 rings (SSSR count). The zero-order chi connectivity index (χ0) is 11.0. The summed E-state index contributed by atoms with van der Waals surface area (Å²) in [5, 5.41) is 0.499. The smallest absolute Gasteiger partial charge is 0.179 e. The third-order valence-corrected chi connectivity index (χ3v) is 2.74. The maximum Gasteiger partial charge on any atom is 0.179 e. The Morgan fingerprint density at radius 2 is 2.00 bits per heavy atom. The minimum Gasteiger partial charge on any atom is -0.331 e. The Hall–Kier alpha value is -1.42. The van der Waals surface area contributed by atoms with Crippen molar-refractivity contribution in [1.29, 1.82) is 0 Å². The molecule has 0 unspecified atom stereocenters. The molecule has 0 amide bonds. The van der Waals surface area contributed by atoms with E-state index in [1.165, 1.54) is 0 Å². The molecule has 0 aliphatic carbocycles. The zero-order valence-electron chi connectivity index (χ0n) is 8.82. The van der Waals surface area contributed by atoms with Gasteiger partial charge in [-0.1, -0.05) is 11.6 Å². The Balaban J connectivity index is 2.60. The molecule has 0 saturated carbocycles. The lowest BCUT2D eigenvalue weighted by molar-refractivity contribution is 0.903. The molecule has 0 saturated heterocycles.